The Morgan fingerprint density at radius 3 is 2.73 bits per heavy atom. The number of anilines is 2. The zero-order chi connectivity index (χ0) is 23.6. The molecule has 174 valence electrons. The number of fused-ring (bicyclic) bond motifs is 2. The number of aromatic nitrogens is 3. The van der Waals surface area contributed by atoms with Crippen molar-refractivity contribution in [2.45, 2.75) is 6.18 Å². The first-order valence-corrected chi connectivity index (χ1v) is 9.94. The molecule has 2 heterocycles. The average molecular weight is 463 g/mol. The normalized spacial score (nSPS) is 11.9. The molecule has 12 heteroatoms. The summed E-state index contributed by atoms with van der Waals surface area (Å²) in [6.45, 7) is 0.689. The first-order valence-electron chi connectivity index (χ1n) is 9.94. The fourth-order valence-electron chi connectivity index (χ4n) is 3.21. The van der Waals surface area contributed by atoms with E-state index in [2.05, 4.69) is 20.6 Å². The summed E-state index contributed by atoms with van der Waals surface area (Å²) < 4.78 is 51.0. The van der Waals surface area contributed by atoms with Crippen LogP contribution in [0.2, 0.25) is 0 Å². The van der Waals surface area contributed by atoms with Crippen LogP contribution >= 0.6 is 0 Å². The number of imidazole rings is 1. The molecule has 0 aliphatic heterocycles. The summed E-state index contributed by atoms with van der Waals surface area (Å²) >= 11 is 0. The Bertz CT molecular complexity index is 1300. The Kier molecular flexibility index (Phi) is 6.20. The van der Waals surface area contributed by atoms with E-state index < -0.39 is 11.7 Å². The lowest BCUT2D eigenvalue weighted by Gasteiger charge is -2.06. The minimum atomic E-state index is -4.48. The van der Waals surface area contributed by atoms with Gasteiger partial charge in [0.25, 0.3) is 5.91 Å². The Morgan fingerprint density at radius 1 is 1.15 bits per heavy atom. The van der Waals surface area contributed by atoms with Gasteiger partial charge in [0, 0.05) is 19.2 Å². The van der Waals surface area contributed by atoms with Crippen LogP contribution in [-0.2, 0) is 18.0 Å². The van der Waals surface area contributed by atoms with Gasteiger partial charge in [-0.25, -0.2) is 4.98 Å². The van der Waals surface area contributed by atoms with Crippen molar-refractivity contribution in [3.8, 4) is 0 Å². The molecule has 0 aliphatic rings. The number of ether oxygens (including phenoxy) is 1. The van der Waals surface area contributed by atoms with Gasteiger partial charge in [0.05, 0.1) is 36.4 Å². The van der Waals surface area contributed by atoms with E-state index in [4.69, 9.17) is 14.3 Å². The summed E-state index contributed by atoms with van der Waals surface area (Å²) in [7, 11) is 1.74. The Morgan fingerprint density at radius 2 is 1.97 bits per heavy atom. The van der Waals surface area contributed by atoms with E-state index in [-0.39, 0.29) is 42.8 Å². The highest BCUT2D eigenvalue weighted by Crippen LogP contribution is 2.32. The van der Waals surface area contributed by atoms with Crippen molar-refractivity contribution in [3.63, 3.8) is 0 Å². The van der Waals surface area contributed by atoms with Gasteiger partial charge in [0.1, 0.15) is 5.52 Å². The van der Waals surface area contributed by atoms with Crippen molar-refractivity contribution in [1.29, 1.82) is 0 Å². The van der Waals surface area contributed by atoms with Crippen LogP contribution in [0.5, 0.6) is 0 Å². The molecular formula is C21H20F3N5O4. The van der Waals surface area contributed by atoms with Crippen molar-refractivity contribution in [3.05, 3.63) is 47.5 Å². The Labute approximate surface area is 185 Å². The second kappa shape index (κ2) is 9.08. The maximum atomic E-state index is 12.9. The van der Waals surface area contributed by atoms with Crippen molar-refractivity contribution in [2.24, 2.45) is 7.05 Å². The summed E-state index contributed by atoms with van der Waals surface area (Å²) in [6, 6.07) is 8.05. The van der Waals surface area contributed by atoms with Crippen LogP contribution < -0.4 is 10.6 Å². The van der Waals surface area contributed by atoms with Gasteiger partial charge >= 0.3 is 12.2 Å². The molecule has 0 bridgehead atoms. The number of nitrogens with one attached hydrogen (secondary N) is 2. The minimum absolute atomic E-state index is 0.00647. The molecule has 4 aromatic rings. The maximum absolute atomic E-state index is 12.9. The van der Waals surface area contributed by atoms with E-state index in [1.165, 1.54) is 6.07 Å². The molecule has 0 atom stereocenters. The number of carbonyl (C=O) groups excluding carboxylic acids is 1. The predicted molar refractivity (Wildman–Crippen MR) is 113 cm³/mol. The number of aryl methyl sites for hydroxylation is 1. The molecule has 3 N–H and O–H groups in total. The van der Waals surface area contributed by atoms with Crippen LogP contribution in [-0.4, -0.2) is 51.9 Å². The molecule has 2 aromatic carbocycles. The number of amides is 1. The molecule has 4 rings (SSSR count). The highest BCUT2D eigenvalue weighted by molar-refractivity contribution is 5.97. The fourth-order valence-corrected chi connectivity index (χ4v) is 3.21. The topological polar surface area (TPSA) is 114 Å². The standard InChI is InChI=1S/C21H20F3N5O4/c1-29-16-5-2-12(18(31)25-6-8-32-9-7-30)10-15(16)26-19(29)28-20-27-14-4-3-13(21(22,23)24)11-17(14)33-20/h2-5,10-11,30H,6-9H2,1H3,(H,25,31)(H,26,27,28). The van der Waals surface area contributed by atoms with E-state index in [0.29, 0.717) is 23.6 Å². The number of hydrogen-bond donors (Lipinski definition) is 3. The van der Waals surface area contributed by atoms with Gasteiger partial charge in [-0.05, 0) is 36.4 Å². The van der Waals surface area contributed by atoms with Crippen LogP contribution in [0.25, 0.3) is 22.1 Å². The molecule has 0 radical (unpaired) electrons. The van der Waals surface area contributed by atoms with Crippen LogP contribution in [0, 0.1) is 0 Å². The van der Waals surface area contributed by atoms with E-state index in [0.717, 1.165) is 17.6 Å². The van der Waals surface area contributed by atoms with Crippen LogP contribution in [0.1, 0.15) is 15.9 Å². The largest absolute Gasteiger partial charge is 0.423 e. The number of nitrogens with zero attached hydrogens (tertiary/aromatic N) is 3. The van der Waals surface area contributed by atoms with Gasteiger partial charge < -0.3 is 24.1 Å². The van der Waals surface area contributed by atoms with Crippen LogP contribution in [0.3, 0.4) is 0 Å². The smallest absolute Gasteiger partial charge is 0.416 e. The molecular weight excluding hydrogens is 443 g/mol. The second-order valence-electron chi connectivity index (χ2n) is 7.11. The van der Waals surface area contributed by atoms with E-state index in [1.54, 1.807) is 29.8 Å². The van der Waals surface area contributed by atoms with E-state index in [1.807, 2.05) is 0 Å². The van der Waals surface area contributed by atoms with Crippen LogP contribution in [0.4, 0.5) is 25.1 Å². The molecule has 9 nitrogen and oxygen atoms in total. The number of hydrogen-bond acceptors (Lipinski definition) is 7. The molecule has 33 heavy (non-hydrogen) atoms. The number of oxazole rings is 1. The van der Waals surface area contributed by atoms with Crippen LogP contribution in [0.15, 0.2) is 40.8 Å². The molecule has 0 unspecified atom stereocenters. The number of alkyl halides is 3. The summed E-state index contributed by atoms with van der Waals surface area (Å²) in [5.74, 6) is 0.0339. The minimum Gasteiger partial charge on any atom is -0.423 e. The third kappa shape index (κ3) is 4.91. The molecule has 0 saturated carbocycles. The summed E-state index contributed by atoms with van der Waals surface area (Å²) in [5.41, 5.74) is 1.08. The van der Waals surface area contributed by atoms with Crippen molar-refractivity contribution in [1.82, 2.24) is 19.9 Å². The molecule has 1 amide bonds. The second-order valence-corrected chi connectivity index (χ2v) is 7.11. The average Bonchev–Trinajstić information content (AvgIpc) is 3.32. The van der Waals surface area contributed by atoms with E-state index >= 15 is 0 Å². The van der Waals surface area contributed by atoms with Gasteiger partial charge in [-0.2, -0.15) is 18.2 Å². The number of rotatable bonds is 8. The van der Waals surface area contributed by atoms with E-state index in [9.17, 15) is 18.0 Å². The quantitative estimate of drug-likeness (QED) is 0.344. The zero-order valence-corrected chi connectivity index (χ0v) is 17.4. The molecule has 2 aromatic heterocycles. The summed E-state index contributed by atoms with van der Waals surface area (Å²) in [6.07, 6.45) is -4.48. The Hall–Kier alpha value is -3.64. The molecule has 0 fully saturated rings. The highest BCUT2D eigenvalue weighted by Gasteiger charge is 2.31. The van der Waals surface area contributed by atoms with Gasteiger partial charge in [-0.1, -0.05) is 0 Å². The van der Waals surface area contributed by atoms with Crippen molar-refractivity contribution < 1.29 is 32.2 Å². The number of aliphatic hydroxyl groups is 1. The molecule has 0 saturated heterocycles. The lowest BCUT2D eigenvalue weighted by molar-refractivity contribution is -0.137. The Balaban J connectivity index is 1.51. The van der Waals surface area contributed by atoms with Crippen molar-refractivity contribution in [2.75, 3.05) is 31.7 Å². The molecule has 0 aliphatic carbocycles. The highest BCUT2D eigenvalue weighted by atomic mass is 19.4. The summed E-state index contributed by atoms with van der Waals surface area (Å²) in [4.78, 5) is 20.9. The van der Waals surface area contributed by atoms with Crippen molar-refractivity contribution >= 4 is 40.0 Å². The summed E-state index contributed by atoms with van der Waals surface area (Å²) in [5, 5.41) is 14.3. The number of halogens is 3. The third-order valence-corrected chi connectivity index (χ3v) is 4.85. The monoisotopic (exact) mass is 463 g/mol. The predicted octanol–water partition coefficient (Wildman–Crippen LogP) is 3.22. The SMILES string of the molecule is Cn1c(Nc2nc3ccc(C(F)(F)F)cc3o2)nc2cc(C(=O)NCCOCCO)ccc21. The zero-order valence-electron chi connectivity index (χ0n) is 17.4. The van der Waals surface area contributed by atoms with Gasteiger partial charge in [-0.3, -0.25) is 10.1 Å². The maximum Gasteiger partial charge on any atom is 0.416 e. The number of aliphatic hydroxyl groups excluding tert-OH is 1. The fraction of sp³-hybridized carbons (Fsp3) is 0.286. The number of benzene rings is 2. The number of carbonyl (C=O) groups is 1. The first kappa shape index (κ1) is 22.6. The molecule has 0 spiro atoms. The lowest BCUT2D eigenvalue weighted by Crippen LogP contribution is -2.27. The van der Waals surface area contributed by atoms with Gasteiger partial charge in [-0.15, -0.1) is 0 Å². The third-order valence-electron chi connectivity index (χ3n) is 4.85. The van der Waals surface area contributed by atoms with Gasteiger partial charge in [0.15, 0.2) is 5.58 Å². The van der Waals surface area contributed by atoms with Gasteiger partial charge in [0.2, 0.25) is 5.95 Å². The lowest BCUT2D eigenvalue weighted by atomic mass is 10.2. The first-order chi connectivity index (χ1) is 15.8.